The minimum atomic E-state index is 0.616. The van der Waals surface area contributed by atoms with Crippen LogP contribution in [0.5, 0.6) is 11.5 Å². The van der Waals surface area contributed by atoms with Crippen LogP contribution in [0.3, 0.4) is 0 Å². The van der Waals surface area contributed by atoms with E-state index in [0.29, 0.717) is 23.9 Å². The zero-order valence-corrected chi connectivity index (χ0v) is 13.3. The zero-order valence-electron chi connectivity index (χ0n) is 12.6. The Kier molecular flexibility index (Phi) is 5.34. The average Bonchev–Trinajstić information content (AvgIpc) is 2.47. The van der Waals surface area contributed by atoms with E-state index in [-0.39, 0.29) is 0 Å². The van der Waals surface area contributed by atoms with E-state index in [9.17, 15) is 0 Å². The van der Waals surface area contributed by atoms with E-state index in [0.717, 1.165) is 17.0 Å². The summed E-state index contributed by atoms with van der Waals surface area (Å²) in [6, 6.07) is 11.9. The molecule has 0 fully saturated rings. The van der Waals surface area contributed by atoms with E-state index >= 15 is 0 Å². The molecule has 0 spiro atoms. The molecule has 0 unspecified atom stereocenters. The van der Waals surface area contributed by atoms with Gasteiger partial charge in [0, 0.05) is 6.54 Å². The van der Waals surface area contributed by atoms with Gasteiger partial charge < -0.3 is 14.8 Å². The van der Waals surface area contributed by atoms with Crippen molar-refractivity contribution in [2.24, 2.45) is 0 Å². The second kappa shape index (κ2) is 7.23. The molecule has 2 rings (SSSR count). The maximum Gasteiger partial charge on any atom is 0.142 e. The molecule has 2 aromatic carbocycles. The molecule has 2 aromatic rings. The number of anilines is 1. The quantitative estimate of drug-likeness (QED) is 0.841. The monoisotopic (exact) mass is 305 g/mol. The van der Waals surface area contributed by atoms with Gasteiger partial charge in [-0.25, -0.2) is 0 Å². The van der Waals surface area contributed by atoms with E-state index in [4.69, 9.17) is 21.1 Å². The number of aryl methyl sites for hydroxylation is 1. The van der Waals surface area contributed by atoms with Crippen LogP contribution in [0, 0.1) is 6.92 Å². The predicted octanol–water partition coefficient (Wildman–Crippen LogP) is 4.67. The Morgan fingerprint density at radius 1 is 1.10 bits per heavy atom. The van der Waals surface area contributed by atoms with Crippen LogP contribution in [-0.2, 0) is 6.54 Å². The first-order valence-corrected chi connectivity index (χ1v) is 7.31. The topological polar surface area (TPSA) is 30.5 Å². The Labute approximate surface area is 130 Å². The molecular formula is C17H20ClNO2. The van der Waals surface area contributed by atoms with Crippen LogP contribution in [0.4, 0.5) is 5.69 Å². The Balaban J connectivity index is 2.10. The SMILES string of the molecule is CCOc1cc(C)ccc1NCc1ccc(OC)c(Cl)c1. The number of halogens is 1. The summed E-state index contributed by atoms with van der Waals surface area (Å²) in [7, 11) is 1.61. The fourth-order valence-corrected chi connectivity index (χ4v) is 2.35. The molecule has 0 saturated carbocycles. The molecule has 0 radical (unpaired) electrons. The van der Waals surface area contributed by atoms with Gasteiger partial charge in [-0.2, -0.15) is 0 Å². The van der Waals surface area contributed by atoms with Crippen molar-refractivity contribution in [1.82, 2.24) is 0 Å². The highest BCUT2D eigenvalue weighted by Gasteiger charge is 2.05. The molecule has 4 heteroatoms. The summed E-state index contributed by atoms with van der Waals surface area (Å²) in [6.45, 7) is 5.35. The summed E-state index contributed by atoms with van der Waals surface area (Å²) in [5, 5.41) is 4.00. The molecule has 0 aliphatic carbocycles. The molecule has 0 amide bonds. The lowest BCUT2D eigenvalue weighted by Crippen LogP contribution is -2.03. The molecule has 0 aromatic heterocycles. The van der Waals surface area contributed by atoms with Crippen LogP contribution in [0.25, 0.3) is 0 Å². The van der Waals surface area contributed by atoms with Crippen LogP contribution in [0.1, 0.15) is 18.1 Å². The maximum absolute atomic E-state index is 6.14. The Hall–Kier alpha value is -1.87. The first kappa shape index (κ1) is 15.5. The first-order chi connectivity index (χ1) is 10.1. The van der Waals surface area contributed by atoms with Crippen LogP contribution < -0.4 is 14.8 Å². The Morgan fingerprint density at radius 3 is 2.57 bits per heavy atom. The highest BCUT2D eigenvalue weighted by Crippen LogP contribution is 2.28. The smallest absolute Gasteiger partial charge is 0.142 e. The Bertz CT molecular complexity index is 614. The van der Waals surface area contributed by atoms with E-state index in [2.05, 4.69) is 18.3 Å². The third-order valence-corrected chi connectivity index (χ3v) is 3.43. The van der Waals surface area contributed by atoms with E-state index in [1.54, 1.807) is 7.11 Å². The number of hydrogen-bond acceptors (Lipinski definition) is 3. The van der Waals surface area contributed by atoms with Gasteiger partial charge in [0.15, 0.2) is 0 Å². The van der Waals surface area contributed by atoms with Crippen LogP contribution in [-0.4, -0.2) is 13.7 Å². The van der Waals surface area contributed by atoms with E-state index in [1.807, 2.05) is 37.3 Å². The highest BCUT2D eigenvalue weighted by atomic mass is 35.5. The third-order valence-electron chi connectivity index (χ3n) is 3.14. The number of hydrogen-bond donors (Lipinski definition) is 1. The van der Waals surface area contributed by atoms with Gasteiger partial charge in [-0.3, -0.25) is 0 Å². The van der Waals surface area contributed by atoms with Crippen LogP contribution in [0.2, 0.25) is 5.02 Å². The van der Waals surface area contributed by atoms with Gasteiger partial charge in [0.05, 0.1) is 24.4 Å². The van der Waals surface area contributed by atoms with Crippen LogP contribution in [0.15, 0.2) is 36.4 Å². The molecular weight excluding hydrogens is 286 g/mol. The minimum Gasteiger partial charge on any atom is -0.495 e. The van der Waals surface area contributed by atoms with Crippen molar-refractivity contribution >= 4 is 17.3 Å². The summed E-state index contributed by atoms with van der Waals surface area (Å²) in [5.74, 6) is 1.56. The van der Waals surface area contributed by atoms with E-state index < -0.39 is 0 Å². The summed E-state index contributed by atoms with van der Waals surface area (Å²) in [5.41, 5.74) is 3.25. The van der Waals surface area contributed by atoms with Gasteiger partial charge >= 0.3 is 0 Å². The lowest BCUT2D eigenvalue weighted by atomic mass is 10.2. The molecule has 3 nitrogen and oxygen atoms in total. The number of benzene rings is 2. The molecule has 0 bridgehead atoms. The minimum absolute atomic E-state index is 0.616. The normalized spacial score (nSPS) is 10.3. The number of rotatable bonds is 6. The summed E-state index contributed by atoms with van der Waals surface area (Å²) < 4.78 is 10.8. The Morgan fingerprint density at radius 2 is 1.90 bits per heavy atom. The van der Waals surface area contributed by atoms with Gasteiger partial charge in [0.1, 0.15) is 11.5 Å². The van der Waals surface area contributed by atoms with Crippen molar-refractivity contribution in [2.45, 2.75) is 20.4 Å². The van der Waals surface area contributed by atoms with Crippen molar-refractivity contribution < 1.29 is 9.47 Å². The van der Waals surface area contributed by atoms with Crippen LogP contribution >= 0.6 is 11.6 Å². The number of nitrogens with one attached hydrogen (secondary N) is 1. The number of methoxy groups -OCH3 is 1. The fourth-order valence-electron chi connectivity index (χ4n) is 2.07. The van der Waals surface area contributed by atoms with Crippen molar-refractivity contribution in [1.29, 1.82) is 0 Å². The lowest BCUT2D eigenvalue weighted by molar-refractivity contribution is 0.341. The molecule has 112 valence electrons. The molecule has 1 N–H and O–H groups in total. The largest absolute Gasteiger partial charge is 0.495 e. The number of ether oxygens (including phenoxy) is 2. The van der Waals surface area contributed by atoms with E-state index in [1.165, 1.54) is 5.56 Å². The molecule has 0 atom stereocenters. The van der Waals surface area contributed by atoms with Gasteiger partial charge in [-0.05, 0) is 49.2 Å². The molecule has 0 aliphatic rings. The second-order valence-corrected chi connectivity index (χ2v) is 5.16. The molecule has 0 saturated heterocycles. The maximum atomic E-state index is 6.14. The zero-order chi connectivity index (χ0) is 15.2. The van der Waals surface area contributed by atoms with Crippen molar-refractivity contribution in [2.75, 3.05) is 19.0 Å². The summed E-state index contributed by atoms with van der Waals surface area (Å²) >= 11 is 6.14. The average molecular weight is 306 g/mol. The third kappa shape index (κ3) is 4.05. The van der Waals surface area contributed by atoms with Gasteiger partial charge in [-0.15, -0.1) is 0 Å². The lowest BCUT2D eigenvalue weighted by Gasteiger charge is -2.13. The molecule has 21 heavy (non-hydrogen) atoms. The van der Waals surface area contributed by atoms with Crippen molar-refractivity contribution in [3.63, 3.8) is 0 Å². The summed E-state index contributed by atoms with van der Waals surface area (Å²) in [6.07, 6.45) is 0. The summed E-state index contributed by atoms with van der Waals surface area (Å²) in [4.78, 5) is 0. The highest BCUT2D eigenvalue weighted by molar-refractivity contribution is 6.32. The molecule has 0 heterocycles. The van der Waals surface area contributed by atoms with Crippen molar-refractivity contribution in [3.8, 4) is 11.5 Å². The van der Waals surface area contributed by atoms with Gasteiger partial charge in [-0.1, -0.05) is 23.7 Å². The van der Waals surface area contributed by atoms with Gasteiger partial charge in [0.25, 0.3) is 0 Å². The van der Waals surface area contributed by atoms with Gasteiger partial charge in [0.2, 0.25) is 0 Å². The van der Waals surface area contributed by atoms with Crippen molar-refractivity contribution in [3.05, 3.63) is 52.5 Å². The molecule has 0 aliphatic heterocycles. The second-order valence-electron chi connectivity index (χ2n) is 4.76. The predicted molar refractivity (Wildman–Crippen MR) is 87.7 cm³/mol. The fraction of sp³-hybridized carbons (Fsp3) is 0.294. The standard InChI is InChI=1S/C17H20ClNO2/c1-4-21-17-9-12(2)5-7-15(17)19-11-13-6-8-16(20-3)14(18)10-13/h5-10,19H,4,11H2,1-3H3. The first-order valence-electron chi connectivity index (χ1n) is 6.93.